The number of unbranched alkanes of at least 4 members (excludes halogenated alkanes) is 2. The summed E-state index contributed by atoms with van der Waals surface area (Å²) in [7, 11) is 0. The second-order valence-corrected chi connectivity index (χ2v) is 9.90. The number of alkyl halides is 3. The first-order valence-electron chi connectivity index (χ1n) is 13.6. The molecule has 0 aliphatic rings. The molecule has 222 valence electrons. The summed E-state index contributed by atoms with van der Waals surface area (Å²) in [5.74, 6) is 0.0372. The highest BCUT2D eigenvalue weighted by atomic mass is 19.3. The molecular formula is C30H32F3N5O4. The van der Waals surface area contributed by atoms with Crippen molar-refractivity contribution in [1.29, 1.82) is 0 Å². The summed E-state index contributed by atoms with van der Waals surface area (Å²) in [5, 5.41) is 3.84. The van der Waals surface area contributed by atoms with Crippen LogP contribution in [0.2, 0.25) is 0 Å². The van der Waals surface area contributed by atoms with E-state index in [0.717, 1.165) is 17.5 Å². The number of benzene rings is 2. The average molecular weight is 584 g/mol. The standard InChI is InChI=1S/C30H32F3N5O4/c1-4-40-29-34-18-22(19-35-29)21-9-8-10-23(17-21)38(26(39)20-12-14-24(15-13-20)41-28(31)32)16-7-5-6-11-25-36-27(42-37-25)30(2,3)33/h8-10,12-15,17-19,28H,4-7,11,16H2,1-3H3. The van der Waals surface area contributed by atoms with Crippen LogP contribution in [-0.4, -0.2) is 45.8 Å². The van der Waals surface area contributed by atoms with Crippen LogP contribution in [-0.2, 0) is 12.1 Å². The number of halogens is 3. The van der Waals surface area contributed by atoms with E-state index in [0.29, 0.717) is 49.5 Å². The average Bonchev–Trinajstić information content (AvgIpc) is 3.45. The predicted octanol–water partition coefficient (Wildman–Crippen LogP) is 6.79. The van der Waals surface area contributed by atoms with Gasteiger partial charge in [-0.05, 0) is 75.6 Å². The van der Waals surface area contributed by atoms with Crippen LogP contribution in [0, 0.1) is 0 Å². The van der Waals surface area contributed by atoms with Gasteiger partial charge in [-0.25, -0.2) is 14.4 Å². The molecule has 12 heteroatoms. The molecule has 0 bridgehead atoms. The molecule has 0 atom stereocenters. The molecule has 2 aromatic heterocycles. The molecule has 1 amide bonds. The van der Waals surface area contributed by atoms with Crippen molar-refractivity contribution in [3.05, 3.63) is 78.2 Å². The maximum Gasteiger partial charge on any atom is 0.387 e. The van der Waals surface area contributed by atoms with Crippen molar-refractivity contribution in [2.24, 2.45) is 0 Å². The summed E-state index contributed by atoms with van der Waals surface area (Å²) in [6.07, 6.45) is 5.90. The van der Waals surface area contributed by atoms with Gasteiger partial charge in [0.05, 0.1) is 6.61 Å². The minimum Gasteiger partial charge on any atom is -0.464 e. The fourth-order valence-electron chi connectivity index (χ4n) is 4.13. The number of amides is 1. The fourth-order valence-corrected chi connectivity index (χ4v) is 4.13. The molecule has 0 fully saturated rings. The maximum absolute atomic E-state index is 14.0. The molecule has 0 aliphatic heterocycles. The third kappa shape index (κ3) is 8.27. The van der Waals surface area contributed by atoms with E-state index in [-0.39, 0.29) is 23.6 Å². The molecular weight excluding hydrogens is 551 g/mol. The number of hydrogen-bond donors (Lipinski definition) is 0. The molecule has 42 heavy (non-hydrogen) atoms. The quantitative estimate of drug-likeness (QED) is 0.150. The Hall–Kier alpha value is -4.48. The van der Waals surface area contributed by atoms with Crippen molar-refractivity contribution in [3.8, 4) is 22.9 Å². The lowest BCUT2D eigenvalue weighted by molar-refractivity contribution is -0.0498. The normalized spacial score (nSPS) is 11.5. The summed E-state index contributed by atoms with van der Waals surface area (Å²) >= 11 is 0. The number of nitrogens with zero attached hydrogens (tertiary/aromatic N) is 5. The Morgan fingerprint density at radius 2 is 1.76 bits per heavy atom. The lowest BCUT2D eigenvalue weighted by Crippen LogP contribution is -2.32. The first-order chi connectivity index (χ1) is 20.1. The van der Waals surface area contributed by atoms with Gasteiger partial charge in [0.15, 0.2) is 11.5 Å². The number of ether oxygens (including phenoxy) is 2. The van der Waals surface area contributed by atoms with E-state index in [1.165, 1.54) is 38.1 Å². The number of aryl methyl sites for hydroxylation is 1. The van der Waals surface area contributed by atoms with Gasteiger partial charge < -0.3 is 18.9 Å². The molecule has 0 N–H and O–H groups in total. The van der Waals surface area contributed by atoms with Crippen LogP contribution in [0.1, 0.15) is 62.1 Å². The smallest absolute Gasteiger partial charge is 0.387 e. The van der Waals surface area contributed by atoms with Gasteiger partial charge in [0.2, 0.25) is 0 Å². The fraction of sp³-hybridized carbons (Fsp3) is 0.367. The third-order valence-corrected chi connectivity index (χ3v) is 6.22. The molecule has 4 rings (SSSR count). The van der Waals surface area contributed by atoms with Crippen LogP contribution in [0.25, 0.3) is 11.1 Å². The Kier molecular flexibility index (Phi) is 10.1. The summed E-state index contributed by atoms with van der Waals surface area (Å²) in [6, 6.07) is 13.3. The number of carbonyl (C=O) groups is 1. The van der Waals surface area contributed by atoms with E-state index in [1.54, 1.807) is 17.3 Å². The van der Waals surface area contributed by atoms with Crippen molar-refractivity contribution >= 4 is 11.6 Å². The zero-order valence-corrected chi connectivity index (χ0v) is 23.6. The number of anilines is 1. The van der Waals surface area contributed by atoms with Crippen molar-refractivity contribution in [1.82, 2.24) is 20.1 Å². The molecule has 2 aromatic carbocycles. The van der Waals surface area contributed by atoms with Crippen LogP contribution in [0.4, 0.5) is 18.9 Å². The summed E-state index contributed by atoms with van der Waals surface area (Å²) in [6.45, 7) is 2.43. The monoisotopic (exact) mass is 583 g/mol. The predicted molar refractivity (Wildman–Crippen MR) is 149 cm³/mol. The largest absolute Gasteiger partial charge is 0.464 e. The van der Waals surface area contributed by atoms with Gasteiger partial charge in [0, 0.05) is 42.2 Å². The zero-order valence-electron chi connectivity index (χ0n) is 23.6. The highest BCUT2D eigenvalue weighted by Gasteiger charge is 2.26. The summed E-state index contributed by atoms with van der Waals surface area (Å²) < 4.78 is 53.9. The van der Waals surface area contributed by atoms with Gasteiger partial charge in [0.1, 0.15) is 5.75 Å². The molecule has 0 saturated carbocycles. The first kappa shape index (κ1) is 30.5. The van der Waals surface area contributed by atoms with Crippen LogP contribution >= 0.6 is 0 Å². The number of carbonyl (C=O) groups excluding carboxylic acids is 1. The van der Waals surface area contributed by atoms with Crippen LogP contribution in [0.3, 0.4) is 0 Å². The molecule has 0 unspecified atom stereocenters. The van der Waals surface area contributed by atoms with E-state index in [2.05, 4.69) is 24.8 Å². The van der Waals surface area contributed by atoms with E-state index in [9.17, 15) is 18.0 Å². The topological polar surface area (TPSA) is 103 Å². The maximum atomic E-state index is 14.0. The Balaban J connectivity index is 1.49. The van der Waals surface area contributed by atoms with Gasteiger partial charge in [-0.2, -0.15) is 13.8 Å². The van der Waals surface area contributed by atoms with Crippen molar-refractivity contribution in [2.75, 3.05) is 18.1 Å². The van der Waals surface area contributed by atoms with Gasteiger partial charge in [-0.3, -0.25) is 4.79 Å². The molecule has 9 nitrogen and oxygen atoms in total. The molecule has 0 saturated heterocycles. The number of hydrogen-bond acceptors (Lipinski definition) is 8. The Morgan fingerprint density at radius 3 is 2.40 bits per heavy atom. The number of rotatable bonds is 14. The number of aromatic nitrogens is 4. The van der Waals surface area contributed by atoms with Crippen LogP contribution in [0.5, 0.6) is 11.8 Å². The minimum atomic E-state index is -2.96. The Bertz CT molecular complexity index is 1440. The molecule has 0 aliphatic carbocycles. The lowest BCUT2D eigenvalue weighted by Gasteiger charge is -2.24. The lowest BCUT2D eigenvalue weighted by atomic mass is 10.1. The van der Waals surface area contributed by atoms with Gasteiger partial charge in [0.25, 0.3) is 11.8 Å². The molecule has 4 aromatic rings. The van der Waals surface area contributed by atoms with Crippen molar-refractivity contribution < 1.29 is 32.0 Å². The second kappa shape index (κ2) is 13.9. The highest BCUT2D eigenvalue weighted by Crippen LogP contribution is 2.27. The van der Waals surface area contributed by atoms with Gasteiger partial charge >= 0.3 is 12.6 Å². The van der Waals surface area contributed by atoms with Gasteiger partial charge in [-0.15, -0.1) is 0 Å². The van der Waals surface area contributed by atoms with E-state index < -0.39 is 12.3 Å². The van der Waals surface area contributed by atoms with E-state index >= 15 is 0 Å². The molecule has 2 heterocycles. The van der Waals surface area contributed by atoms with E-state index in [1.807, 2.05) is 31.2 Å². The minimum absolute atomic E-state index is 0.0358. The van der Waals surface area contributed by atoms with Crippen LogP contribution in [0.15, 0.2) is 65.4 Å². The highest BCUT2D eigenvalue weighted by molar-refractivity contribution is 6.06. The van der Waals surface area contributed by atoms with Crippen LogP contribution < -0.4 is 14.4 Å². The van der Waals surface area contributed by atoms with Crippen molar-refractivity contribution in [3.63, 3.8) is 0 Å². The summed E-state index contributed by atoms with van der Waals surface area (Å²) in [5.41, 5.74) is 0.809. The second-order valence-electron chi connectivity index (χ2n) is 9.90. The van der Waals surface area contributed by atoms with E-state index in [4.69, 9.17) is 9.26 Å². The Morgan fingerprint density at radius 1 is 1.02 bits per heavy atom. The Labute approximate surface area is 241 Å². The third-order valence-electron chi connectivity index (χ3n) is 6.22. The van der Waals surface area contributed by atoms with Crippen molar-refractivity contribution in [2.45, 2.75) is 58.7 Å². The SMILES string of the molecule is CCOc1ncc(-c2cccc(N(CCCCCc3noc(C(C)(C)F)n3)C(=O)c3ccc(OC(F)F)cc3)c2)cn1. The zero-order chi connectivity index (χ0) is 30.1. The molecule has 0 spiro atoms. The van der Waals surface area contributed by atoms with Gasteiger partial charge in [-0.1, -0.05) is 23.7 Å². The summed E-state index contributed by atoms with van der Waals surface area (Å²) in [4.78, 5) is 27.9. The molecule has 0 radical (unpaired) electrons. The first-order valence-corrected chi connectivity index (χ1v) is 13.6.